The van der Waals surface area contributed by atoms with Crippen molar-refractivity contribution in [2.75, 3.05) is 30.5 Å². The molecule has 0 aromatic heterocycles. The number of benzene rings is 3. The number of rotatable bonds is 12. The highest BCUT2D eigenvalue weighted by Gasteiger charge is 2.35. The fraction of sp³-hybridized carbons (Fsp3) is 0.367. The van der Waals surface area contributed by atoms with Crippen molar-refractivity contribution in [2.45, 2.75) is 49.1 Å². The van der Waals surface area contributed by atoms with Gasteiger partial charge in [-0.2, -0.15) is 0 Å². The van der Waals surface area contributed by atoms with Gasteiger partial charge < -0.3 is 25.2 Å². The van der Waals surface area contributed by atoms with Gasteiger partial charge in [0.2, 0.25) is 5.91 Å². The van der Waals surface area contributed by atoms with Crippen molar-refractivity contribution in [3.63, 3.8) is 0 Å². The van der Waals surface area contributed by atoms with Gasteiger partial charge in [-0.15, -0.1) is 13.2 Å². The van der Waals surface area contributed by atoms with Crippen molar-refractivity contribution >= 4 is 21.4 Å². The summed E-state index contributed by atoms with van der Waals surface area (Å²) in [4.78, 5) is 14.3. The monoisotopic (exact) mass is 624 g/mol. The number of carbonyl (C=O) groups excluding carboxylic acids is 1. The zero-order chi connectivity index (χ0) is 31.4. The summed E-state index contributed by atoms with van der Waals surface area (Å²) >= 11 is 0. The zero-order valence-corrected chi connectivity index (χ0v) is 24.1. The number of nitrogens with two attached hydrogens (primary N) is 1. The van der Waals surface area contributed by atoms with Crippen LogP contribution in [-0.4, -0.2) is 63.5 Å². The van der Waals surface area contributed by atoms with Crippen LogP contribution in [0.2, 0.25) is 0 Å². The van der Waals surface area contributed by atoms with Gasteiger partial charge in [0.1, 0.15) is 24.3 Å². The van der Waals surface area contributed by atoms with Gasteiger partial charge in [-0.3, -0.25) is 4.79 Å². The highest BCUT2D eigenvalue weighted by Crippen LogP contribution is 2.36. The second-order valence-electron chi connectivity index (χ2n) is 10.1. The molecule has 3 aromatic carbocycles. The number of amides is 1. The maximum atomic E-state index is 14.2. The SMILES string of the molecule is CCS(=O)(=O)c1ccc([C@H](CCO)c2cc(N3C[C@@H](Oc4ccc(OC(F)(F)F)cc4)C[C@H]3CF)ccc2C(N)=O)cc1. The van der Waals surface area contributed by atoms with Crippen LogP contribution in [0.4, 0.5) is 23.2 Å². The van der Waals surface area contributed by atoms with Crippen molar-refractivity contribution in [1.29, 1.82) is 0 Å². The Kier molecular flexibility index (Phi) is 9.86. The maximum absolute atomic E-state index is 14.2. The summed E-state index contributed by atoms with van der Waals surface area (Å²) in [7, 11) is -3.43. The minimum Gasteiger partial charge on any atom is -0.489 e. The predicted octanol–water partition coefficient (Wildman–Crippen LogP) is 4.99. The Morgan fingerprint density at radius 2 is 1.72 bits per heavy atom. The van der Waals surface area contributed by atoms with E-state index < -0.39 is 52.6 Å². The molecule has 43 heavy (non-hydrogen) atoms. The lowest BCUT2D eigenvalue weighted by atomic mass is 9.85. The number of ether oxygens (including phenoxy) is 2. The Morgan fingerprint density at radius 1 is 1.07 bits per heavy atom. The summed E-state index contributed by atoms with van der Waals surface area (Å²) in [5, 5.41) is 9.87. The molecule has 0 bridgehead atoms. The van der Waals surface area contributed by atoms with E-state index in [1.807, 2.05) is 0 Å². The molecular formula is C30H32F4N2O6S. The first-order chi connectivity index (χ1) is 20.3. The van der Waals surface area contributed by atoms with Crippen LogP contribution >= 0.6 is 0 Å². The predicted molar refractivity (Wildman–Crippen MR) is 152 cm³/mol. The van der Waals surface area contributed by atoms with Gasteiger partial charge in [0.05, 0.1) is 23.2 Å². The maximum Gasteiger partial charge on any atom is 0.573 e. The Labute approximate surface area is 246 Å². The van der Waals surface area contributed by atoms with Crippen LogP contribution in [0.1, 0.15) is 47.2 Å². The summed E-state index contributed by atoms with van der Waals surface area (Å²) in [6, 6.07) is 15.5. The Balaban J connectivity index is 1.61. The Morgan fingerprint density at radius 3 is 2.28 bits per heavy atom. The van der Waals surface area contributed by atoms with E-state index in [4.69, 9.17) is 10.5 Å². The summed E-state index contributed by atoms with van der Waals surface area (Å²) in [6.07, 6.45) is -4.81. The van der Waals surface area contributed by atoms with Crippen molar-refractivity contribution in [1.82, 2.24) is 0 Å². The number of nitrogens with zero attached hydrogens (tertiary/aromatic N) is 1. The molecule has 4 rings (SSSR count). The number of hydrogen-bond acceptors (Lipinski definition) is 7. The first-order valence-corrected chi connectivity index (χ1v) is 15.2. The van der Waals surface area contributed by atoms with Gasteiger partial charge in [-0.1, -0.05) is 19.1 Å². The third kappa shape index (κ3) is 7.77. The van der Waals surface area contributed by atoms with Crippen LogP contribution in [0, 0.1) is 0 Å². The van der Waals surface area contributed by atoms with Gasteiger partial charge >= 0.3 is 6.36 Å². The molecule has 3 aromatic rings. The van der Waals surface area contributed by atoms with Gasteiger partial charge in [0, 0.05) is 30.2 Å². The lowest BCUT2D eigenvalue weighted by Gasteiger charge is -2.27. The number of hydrogen-bond donors (Lipinski definition) is 2. The molecule has 3 N–H and O–H groups in total. The van der Waals surface area contributed by atoms with Crippen LogP contribution in [0.25, 0.3) is 0 Å². The third-order valence-corrected chi connectivity index (χ3v) is 9.11. The van der Waals surface area contributed by atoms with Crippen LogP contribution in [-0.2, 0) is 9.84 Å². The molecule has 1 aliphatic rings. The fourth-order valence-electron chi connectivity index (χ4n) is 5.28. The minimum absolute atomic E-state index is 0.0612. The molecule has 1 aliphatic heterocycles. The zero-order valence-electron chi connectivity index (χ0n) is 23.3. The molecule has 232 valence electrons. The molecule has 0 saturated carbocycles. The van der Waals surface area contributed by atoms with Crippen LogP contribution in [0.3, 0.4) is 0 Å². The Hall–Kier alpha value is -3.84. The normalized spacial score (nSPS) is 18.0. The van der Waals surface area contributed by atoms with Crippen molar-refractivity contribution in [3.05, 3.63) is 83.4 Å². The van der Waals surface area contributed by atoms with Crippen molar-refractivity contribution in [3.8, 4) is 11.5 Å². The van der Waals surface area contributed by atoms with Gasteiger partial charge in [0.15, 0.2) is 9.84 Å². The van der Waals surface area contributed by atoms with Crippen LogP contribution in [0.5, 0.6) is 11.5 Å². The van der Waals surface area contributed by atoms with E-state index in [1.165, 1.54) is 30.3 Å². The van der Waals surface area contributed by atoms with Crippen LogP contribution in [0.15, 0.2) is 71.6 Å². The quantitative estimate of drug-likeness (QED) is 0.273. The number of halogens is 4. The van der Waals surface area contributed by atoms with E-state index in [0.717, 1.165) is 12.1 Å². The lowest BCUT2D eigenvalue weighted by Crippen LogP contribution is -2.32. The molecule has 0 spiro atoms. The highest BCUT2D eigenvalue weighted by atomic mass is 32.2. The molecule has 13 heteroatoms. The molecule has 1 amide bonds. The molecule has 0 aliphatic carbocycles. The number of aliphatic hydroxyl groups excluding tert-OH is 1. The highest BCUT2D eigenvalue weighted by molar-refractivity contribution is 7.91. The molecule has 1 heterocycles. The van der Waals surface area contributed by atoms with E-state index >= 15 is 0 Å². The van der Waals surface area contributed by atoms with Gasteiger partial charge in [-0.05, 0) is 72.1 Å². The smallest absolute Gasteiger partial charge is 0.489 e. The summed E-state index contributed by atoms with van der Waals surface area (Å²) < 4.78 is 86.0. The first-order valence-electron chi connectivity index (χ1n) is 13.6. The number of anilines is 1. The summed E-state index contributed by atoms with van der Waals surface area (Å²) in [5.41, 5.74) is 7.63. The van der Waals surface area contributed by atoms with Crippen molar-refractivity contribution in [2.24, 2.45) is 5.73 Å². The molecule has 3 atom stereocenters. The molecule has 8 nitrogen and oxygen atoms in total. The number of carbonyl (C=O) groups is 1. The second-order valence-corrected chi connectivity index (χ2v) is 12.4. The summed E-state index contributed by atoms with van der Waals surface area (Å²) in [5.74, 6) is -1.39. The second kappa shape index (κ2) is 13.2. The average Bonchev–Trinajstić information content (AvgIpc) is 3.38. The van der Waals surface area contributed by atoms with E-state index in [2.05, 4.69) is 4.74 Å². The molecular weight excluding hydrogens is 592 g/mol. The van der Waals surface area contributed by atoms with E-state index in [0.29, 0.717) is 22.6 Å². The third-order valence-electron chi connectivity index (χ3n) is 7.36. The number of primary amides is 1. The largest absolute Gasteiger partial charge is 0.573 e. The fourth-order valence-corrected chi connectivity index (χ4v) is 6.16. The van der Waals surface area contributed by atoms with E-state index in [1.54, 1.807) is 36.1 Å². The number of alkyl halides is 4. The van der Waals surface area contributed by atoms with Crippen LogP contribution < -0.4 is 20.1 Å². The average molecular weight is 625 g/mol. The van der Waals surface area contributed by atoms with E-state index in [9.17, 15) is 35.9 Å². The Bertz CT molecular complexity index is 1520. The number of sulfone groups is 1. The lowest BCUT2D eigenvalue weighted by molar-refractivity contribution is -0.274. The van der Waals surface area contributed by atoms with E-state index in [-0.39, 0.29) is 42.2 Å². The molecule has 0 unspecified atom stereocenters. The standard InChI is InChI=1S/C30H32F4N2O6S/c1-2-43(39,40)25-10-3-19(4-11-25)26(13-14-37)28-16-20(5-12-27(28)29(35)38)36-18-24(15-21(36)17-31)41-22-6-8-23(9-7-22)42-30(32,33)34/h3-12,16,21,24,26,37H,2,13-15,17-18H2,1H3,(H2,35,38)/t21-,24-,26-/m0/s1. The van der Waals surface area contributed by atoms with Gasteiger partial charge in [-0.25, -0.2) is 12.8 Å². The summed E-state index contributed by atoms with van der Waals surface area (Å²) in [6.45, 7) is 0.851. The van der Waals surface area contributed by atoms with Gasteiger partial charge in [0.25, 0.3) is 0 Å². The molecule has 1 saturated heterocycles. The van der Waals surface area contributed by atoms with Crippen molar-refractivity contribution < 1.29 is 45.4 Å². The first kappa shape index (κ1) is 32.1. The molecule has 0 radical (unpaired) electrons. The topological polar surface area (TPSA) is 119 Å². The molecule has 1 fully saturated rings. The minimum atomic E-state index is -4.82. The number of aliphatic hydroxyl groups is 1.